The van der Waals surface area contributed by atoms with Crippen LogP contribution in [-0.2, 0) is 32.2 Å². The van der Waals surface area contributed by atoms with Crippen LogP contribution in [0, 0.1) is 0 Å². The van der Waals surface area contributed by atoms with Crippen molar-refractivity contribution < 1.29 is 19.0 Å². The van der Waals surface area contributed by atoms with Crippen LogP contribution in [-0.4, -0.2) is 19.9 Å². The van der Waals surface area contributed by atoms with Crippen LogP contribution in [0.1, 0.15) is 11.1 Å². The summed E-state index contributed by atoms with van der Waals surface area (Å²) in [5.74, 6) is -0.419. The van der Waals surface area contributed by atoms with Crippen LogP contribution >= 0.6 is 0 Å². The zero-order chi connectivity index (χ0) is 12.5. The fourth-order valence-corrected chi connectivity index (χ4v) is 1.19. The summed E-state index contributed by atoms with van der Waals surface area (Å²) in [6.45, 7) is 4.36. The predicted molar refractivity (Wildman–Crippen MR) is 63.1 cm³/mol. The van der Waals surface area contributed by atoms with Gasteiger partial charge in [-0.2, -0.15) is 0 Å². The summed E-state index contributed by atoms with van der Waals surface area (Å²) in [4.78, 5) is 10.9. The van der Waals surface area contributed by atoms with Crippen LogP contribution in [0.5, 0.6) is 0 Å². The highest BCUT2D eigenvalue weighted by atomic mass is 16.7. The average Bonchev–Trinajstić information content (AvgIpc) is 2.37. The maximum atomic E-state index is 10.9. The molecule has 1 aromatic carbocycles. The maximum Gasteiger partial charge on any atom is 0.330 e. The molecule has 92 valence electrons. The fraction of sp³-hybridized carbons (Fsp3) is 0.308. The quantitative estimate of drug-likeness (QED) is 0.314. The molecule has 0 saturated carbocycles. The molecule has 0 aliphatic heterocycles. The van der Waals surface area contributed by atoms with Gasteiger partial charge in [0.25, 0.3) is 0 Å². The fourth-order valence-electron chi connectivity index (χ4n) is 1.19. The molecule has 0 aliphatic rings. The lowest BCUT2D eigenvalue weighted by Gasteiger charge is -2.05. The molecule has 0 aliphatic carbocycles. The van der Waals surface area contributed by atoms with Crippen LogP contribution in [0.3, 0.4) is 0 Å². The minimum Gasteiger partial charge on any atom is -0.458 e. The normalized spacial score (nSPS) is 9.94. The Morgan fingerprint density at radius 1 is 1.24 bits per heavy atom. The van der Waals surface area contributed by atoms with Crippen molar-refractivity contribution in [3.05, 3.63) is 48.0 Å². The van der Waals surface area contributed by atoms with E-state index in [4.69, 9.17) is 14.2 Å². The third-order valence-corrected chi connectivity index (χ3v) is 2.04. The van der Waals surface area contributed by atoms with Crippen molar-refractivity contribution in [2.45, 2.75) is 13.2 Å². The molecule has 17 heavy (non-hydrogen) atoms. The minimum absolute atomic E-state index is 0.254. The van der Waals surface area contributed by atoms with Crippen molar-refractivity contribution in [3.8, 4) is 0 Å². The second-order valence-electron chi connectivity index (χ2n) is 3.38. The van der Waals surface area contributed by atoms with Gasteiger partial charge in [-0.3, -0.25) is 0 Å². The SMILES string of the molecule is C=CC(=O)OCc1ccc(COCOC)cc1. The number of methoxy groups -OCH3 is 1. The molecule has 4 heteroatoms. The Bertz CT molecular complexity index is 356. The lowest BCUT2D eigenvalue weighted by molar-refractivity contribution is -0.138. The number of carbonyl (C=O) groups excluding carboxylic acids is 1. The summed E-state index contributed by atoms with van der Waals surface area (Å²) in [6.07, 6.45) is 1.15. The summed E-state index contributed by atoms with van der Waals surface area (Å²) >= 11 is 0. The molecule has 0 atom stereocenters. The first kappa shape index (κ1) is 13.4. The van der Waals surface area contributed by atoms with E-state index >= 15 is 0 Å². The Morgan fingerprint density at radius 3 is 2.35 bits per heavy atom. The smallest absolute Gasteiger partial charge is 0.330 e. The van der Waals surface area contributed by atoms with Crippen molar-refractivity contribution in [2.75, 3.05) is 13.9 Å². The van der Waals surface area contributed by atoms with Crippen LogP contribution in [0.2, 0.25) is 0 Å². The predicted octanol–water partition coefficient (Wildman–Crippen LogP) is 2.04. The molecule has 0 spiro atoms. The molecule has 0 N–H and O–H groups in total. The molecule has 1 rings (SSSR count). The first-order valence-electron chi connectivity index (χ1n) is 5.20. The molecule has 1 aromatic rings. The van der Waals surface area contributed by atoms with Gasteiger partial charge in [-0.25, -0.2) is 4.79 Å². The first-order valence-corrected chi connectivity index (χ1v) is 5.20. The molecule has 0 fully saturated rings. The van der Waals surface area contributed by atoms with Gasteiger partial charge in [-0.15, -0.1) is 0 Å². The van der Waals surface area contributed by atoms with Gasteiger partial charge < -0.3 is 14.2 Å². The van der Waals surface area contributed by atoms with E-state index in [9.17, 15) is 4.79 Å². The van der Waals surface area contributed by atoms with E-state index in [2.05, 4.69) is 6.58 Å². The van der Waals surface area contributed by atoms with Gasteiger partial charge >= 0.3 is 5.97 Å². The van der Waals surface area contributed by atoms with E-state index in [0.29, 0.717) is 6.61 Å². The van der Waals surface area contributed by atoms with E-state index in [1.807, 2.05) is 24.3 Å². The maximum absolute atomic E-state index is 10.9. The number of rotatable bonds is 7. The highest BCUT2D eigenvalue weighted by molar-refractivity contribution is 5.81. The Morgan fingerprint density at radius 2 is 1.82 bits per heavy atom. The van der Waals surface area contributed by atoms with Crippen LogP contribution in [0.15, 0.2) is 36.9 Å². The number of ether oxygens (including phenoxy) is 3. The van der Waals surface area contributed by atoms with Crippen molar-refractivity contribution in [2.24, 2.45) is 0 Å². The van der Waals surface area contributed by atoms with Gasteiger partial charge in [-0.05, 0) is 11.1 Å². The number of esters is 1. The molecule has 4 nitrogen and oxygen atoms in total. The zero-order valence-corrected chi connectivity index (χ0v) is 9.85. The molecular weight excluding hydrogens is 220 g/mol. The second-order valence-corrected chi connectivity index (χ2v) is 3.38. The van der Waals surface area contributed by atoms with E-state index in [-0.39, 0.29) is 13.4 Å². The van der Waals surface area contributed by atoms with Crippen LogP contribution in [0.25, 0.3) is 0 Å². The molecule has 0 saturated heterocycles. The summed E-state index contributed by atoms with van der Waals surface area (Å²) in [7, 11) is 1.58. The van der Waals surface area contributed by atoms with E-state index in [0.717, 1.165) is 17.2 Å². The van der Waals surface area contributed by atoms with Crippen LogP contribution < -0.4 is 0 Å². The second kappa shape index (κ2) is 7.60. The Balaban J connectivity index is 2.39. The highest BCUT2D eigenvalue weighted by Gasteiger charge is 1.98. The van der Waals surface area contributed by atoms with Crippen molar-refractivity contribution >= 4 is 5.97 Å². The Labute approximate surface area is 101 Å². The summed E-state index contributed by atoms with van der Waals surface area (Å²) in [6, 6.07) is 7.63. The van der Waals surface area contributed by atoms with E-state index in [1.54, 1.807) is 7.11 Å². The van der Waals surface area contributed by atoms with Gasteiger partial charge in [0.1, 0.15) is 13.4 Å². The Hall–Kier alpha value is -1.65. The number of carbonyl (C=O) groups is 1. The van der Waals surface area contributed by atoms with Gasteiger partial charge in [0.15, 0.2) is 0 Å². The highest BCUT2D eigenvalue weighted by Crippen LogP contribution is 2.07. The monoisotopic (exact) mass is 236 g/mol. The molecule has 0 heterocycles. The lowest BCUT2D eigenvalue weighted by atomic mass is 10.1. The van der Waals surface area contributed by atoms with Crippen LogP contribution in [0.4, 0.5) is 0 Å². The van der Waals surface area contributed by atoms with Gasteiger partial charge in [-0.1, -0.05) is 30.8 Å². The van der Waals surface area contributed by atoms with Gasteiger partial charge in [0.2, 0.25) is 0 Å². The molecule has 0 aromatic heterocycles. The molecular formula is C13H16O4. The standard InChI is InChI=1S/C13H16O4/c1-3-13(14)17-9-12-6-4-11(5-7-12)8-16-10-15-2/h3-7H,1,8-10H2,2H3. The van der Waals surface area contributed by atoms with Crippen molar-refractivity contribution in [1.82, 2.24) is 0 Å². The topological polar surface area (TPSA) is 44.8 Å². The Kier molecular flexibility index (Phi) is 5.99. The van der Waals surface area contributed by atoms with Crippen molar-refractivity contribution in [1.29, 1.82) is 0 Å². The van der Waals surface area contributed by atoms with Gasteiger partial charge in [0.05, 0.1) is 6.61 Å². The number of hydrogen-bond acceptors (Lipinski definition) is 4. The molecule has 0 bridgehead atoms. The van der Waals surface area contributed by atoms with E-state index < -0.39 is 5.97 Å². The van der Waals surface area contributed by atoms with Crippen molar-refractivity contribution in [3.63, 3.8) is 0 Å². The third-order valence-electron chi connectivity index (χ3n) is 2.04. The third kappa shape index (κ3) is 5.29. The van der Waals surface area contributed by atoms with E-state index in [1.165, 1.54) is 0 Å². The zero-order valence-electron chi connectivity index (χ0n) is 9.85. The summed E-state index contributed by atoms with van der Waals surface area (Å²) in [5, 5.41) is 0. The van der Waals surface area contributed by atoms with Gasteiger partial charge in [0, 0.05) is 13.2 Å². The number of benzene rings is 1. The lowest BCUT2D eigenvalue weighted by Crippen LogP contribution is -2.01. The number of hydrogen-bond donors (Lipinski definition) is 0. The first-order chi connectivity index (χ1) is 8.26. The average molecular weight is 236 g/mol. The summed E-state index contributed by atoms with van der Waals surface area (Å²) < 4.78 is 14.9. The largest absolute Gasteiger partial charge is 0.458 e. The summed E-state index contributed by atoms with van der Waals surface area (Å²) in [5.41, 5.74) is 1.97. The molecule has 0 radical (unpaired) electrons. The molecule has 0 amide bonds. The molecule has 0 unspecified atom stereocenters. The minimum atomic E-state index is -0.419.